The first-order chi connectivity index (χ1) is 9.41. The molecule has 7 nitrogen and oxygen atoms in total. The van der Waals surface area contributed by atoms with E-state index in [0.717, 1.165) is 0 Å². The highest BCUT2D eigenvalue weighted by Crippen LogP contribution is 2.33. The molecule has 0 aromatic rings. The molecule has 0 bridgehead atoms. The Balaban J connectivity index is 2.26. The van der Waals surface area contributed by atoms with E-state index in [-0.39, 0.29) is 6.61 Å². The first-order valence-electron chi connectivity index (χ1n) is 6.30. The molecule has 112 valence electrons. The highest BCUT2D eigenvalue weighted by Gasteiger charge is 2.52. The SMILES string of the molecule is CCOC1N(C2C=CC(CO)O2)C(=O)NC(=O)C1(C)Br. The van der Waals surface area contributed by atoms with Crippen LogP contribution in [0.3, 0.4) is 0 Å². The van der Waals surface area contributed by atoms with Crippen LogP contribution in [0.1, 0.15) is 13.8 Å². The summed E-state index contributed by atoms with van der Waals surface area (Å²) in [6, 6.07) is -0.585. The van der Waals surface area contributed by atoms with E-state index in [0.29, 0.717) is 6.61 Å². The van der Waals surface area contributed by atoms with Crippen molar-refractivity contribution in [2.24, 2.45) is 0 Å². The van der Waals surface area contributed by atoms with Gasteiger partial charge in [0.1, 0.15) is 10.4 Å². The smallest absolute Gasteiger partial charge is 0.328 e. The van der Waals surface area contributed by atoms with Crippen LogP contribution in [0.5, 0.6) is 0 Å². The van der Waals surface area contributed by atoms with Crippen LogP contribution in [-0.2, 0) is 14.3 Å². The number of carbonyl (C=O) groups is 2. The predicted octanol–water partition coefficient (Wildman–Crippen LogP) is 0.328. The standard InChI is InChI=1S/C12H17BrN2O5/c1-3-19-10-12(2,13)9(17)14-11(18)15(10)8-5-4-7(6-16)20-8/h4-5,7-8,10,16H,3,6H2,1-2H3,(H,14,17,18). The monoisotopic (exact) mass is 348 g/mol. The van der Waals surface area contributed by atoms with Gasteiger partial charge in [0.2, 0.25) is 5.91 Å². The molecule has 8 heteroatoms. The minimum absolute atomic E-state index is 0.174. The highest BCUT2D eigenvalue weighted by atomic mass is 79.9. The molecule has 2 aliphatic rings. The third-order valence-electron chi connectivity index (χ3n) is 3.20. The van der Waals surface area contributed by atoms with Crippen LogP contribution in [0.15, 0.2) is 12.2 Å². The number of nitrogens with zero attached hydrogens (tertiary/aromatic N) is 1. The third kappa shape index (κ3) is 2.60. The molecule has 20 heavy (non-hydrogen) atoms. The summed E-state index contributed by atoms with van der Waals surface area (Å²) in [6.07, 6.45) is 1.37. The first-order valence-corrected chi connectivity index (χ1v) is 7.10. The zero-order valence-corrected chi connectivity index (χ0v) is 12.8. The fraction of sp³-hybridized carbons (Fsp3) is 0.667. The fourth-order valence-electron chi connectivity index (χ4n) is 2.16. The molecule has 4 unspecified atom stereocenters. The van der Waals surface area contributed by atoms with Gasteiger partial charge in [0.05, 0.1) is 6.61 Å². The van der Waals surface area contributed by atoms with Crippen LogP contribution >= 0.6 is 15.9 Å². The molecule has 1 saturated heterocycles. The van der Waals surface area contributed by atoms with Crippen molar-refractivity contribution < 1.29 is 24.2 Å². The lowest BCUT2D eigenvalue weighted by Crippen LogP contribution is -2.69. The van der Waals surface area contributed by atoms with Crippen molar-refractivity contribution in [2.45, 2.75) is 36.7 Å². The number of carbonyl (C=O) groups excluding carboxylic acids is 2. The maximum atomic E-state index is 12.1. The summed E-state index contributed by atoms with van der Waals surface area (Å²) in [4.78, 5) is 25.3. The molecule has 0 spiro atoms. The number of ether oxygens (including phenoxy) is 2. The molecule has 2 aliphatic heterocycles. The van der Waals surface area contributed by atoms with Crippen LogP contribution < -0.4 is 5.32 Å². The number of aliphatic hydroxyl groups is 1. The topological polar surface area (TPSA) is 88.1 Å². The number of rotatable bonds is 4. The number of aliphatic hydroxyl groups excluding tert-OH is 1. The van der Waals surface area contributed by atoms with E-state index in [2.05, 4.69) is 21.2 Å². The Morgan fingerprint density at radius 3 is 2.80 bits per heavy atom. The van der Waals surface area contributed by atoms with Crippen LogP contribution in [0.25, 0.3) is 0 Å². The van der Waals surface area contributed by atoms with Crippen molar-refractivity contribution >= 4 is 27.9 Å². The van der Waals surface area contributed by atoms with Crippen LogP contribution in [0.4, 0.5) is 4.79 Å². The summed E-state index contributed by atoms with van der Waals surface area (Å²) in [7, 11) is 0. The van der Waals surface area contributed by atoms with Gasteiger partial charge in [-0.1, -0.05) is 22.0 Å². The lowest BCUT2D eigenvalue weighted by Gasteiger charge is -2.44. The molecule has 0 saturated carbocycles. The molecule has 4 atom stereocenters. The Morgan fingerprint density at radius 1 is 1.55 bits per heavy atom. The van der Waals surface area contributed by atoms with E-state index in [4.69, 9.17) is 14.6 Å². The number of halogens is 1. The number of imide groups is 1. The van der Waals surface area contributed by atoms with E-state index in [9.17, 15) is 9.59 Å². The number of amides is 3. The van der Waals surface area contributed by atoms with E-state index >= 15 is 0 Å². The summed E-state index contributed by atoms with van der Waals surface area (Å²) < 4.78 is 9.99. The number of hydrogen-bond acceptors (Lipinski definition) is 5. The molecule has 2 heterocycles. The van der Waals surface area contributed by atoms with Crippen LogP contribution in [0.2, 0.25) is 0 Å². The third-order valence-corrected chi connectivity index (χ3v) is 3.95. The van der Waals surface area contributed by atoms with E-state index in [1.807, 2.05) is 0 Å². The summed E-state index contributed by atoms with van der Waals surface area (Å²) in [6.45, 7) is 3.57. The quantitative estimate of drug-likeness (QED) is 0.564. The average Bonchev–Trinajstić information content (AvgIpc) is 2.85. The van der Waals surface area contributed by atoms with Gasteiger partial charge in [-0.2, -0.15) is 0 Å². The molecule has 1 fully saturated rings. The minimum Gasteiger partial charge on any atom is -0.393 e. The Bertz CT molecular complexity index is 440. The summed E-state index contributed by atoms with van der Waals surface area (Å²) in [5, 5.41) is 11.3. The van der Waals surface area contributed by atoms with Crippen molar-refractivity contribution in [1.82, 2.24) is 10.2 Å². The highest BCUT2D eigenvalue weighted by molar-refractivity contribution is 9.10. The Morgan fingerprint density at radius 2 is 2.25 bits per heavy atom. The molecular formula is C12H17BrN2O5. The van der Waals surface area contributed by atoms with Crippen LogP contribution in [-0.4, -0.2) is 58.0 Å². The van der Waals surface area contributed by atoms with Gasteiger partial charge >= 0.3 is 6.03 Å². The second kappa shape index (κ2) is 5.80. The van der Waals surface area contributed by atoms with Gasteiger partial charge in [0, 0.05) is 6.61 Å². The van der Waals surface area contributed by atoms with Crippen molar-refractivity contribution in [3.05, 3.63) is 12.2 Å². The molecule has 3 amide bonds. The Labute approximate surface area is 125 Å². The van der Waals surface area contributed by atoms with Gasteiger partial charge in [0.25, 0.3) is 0 Å². The van der Waals surface area contributed by atoms with Gasteiger partial charge in [-0.05, 0) is 19.9 Å². The van der Waals surface area contributed by atoms with E-state index < -0.39 is 34.8 Å². The molecule has 2 rings (SSSR count). The molecule has 0 radical (unpaired) electrons. The van der Waals surface area contributed by atoms with Crippen molar-refractivity contribution in [2.75, 3.05) is 13.2 Å². The molecule has 0 aliphatic carbocycles. The average molecular weight is 349 g/mol. The molecule has 0 aromatic carbocycles. The number of hydrogen-bond donors (Lipinski definition) is 2. The van der Waals surface area contributed by atoms with Crippen LogP contribution in [0, 0.1) is 0 Å². The van der Waals surface area contributed by atoms with Gasteiger partial charge in [-0.3, -0.25) is 15.0 Å². The van der Waals surface area contributed by atoms with Gasteiger partial charge in [-0.15, -0.1) is 0 Å². The summed E-state index contributed by atoms with van der Waals surface area (Å²) in [5.74, 6) is -0.460. The Kier molecular flexibility index (Phi) is 4.48. The lowest BCUT2D eigenvalue weighted by molar-refractivity contribution is -0.153. The number of nitrogens with one attached hydrogen (secondary N) is 1. The first kappa shape index (κ1) is 15.4. The van der Waals surface area contributed by atoms with E-state index in [1.54, 1.807) is 26.0 Å². The molecule has 0 aromatic heterocycles. The summed E-state index contributed by atoms with van der Waals surface area (Å²) in [5.41, 5.74) is 0. The molecular weight excluding hydrogens is 332 g/mol. The lowest BCUT2D eigenvalue weighted by atomic mass is 10.1. The fourth-order valence-corrected chi connectivity index (χ4v) is 2.61. The zero-order valence-electron chi connectivity index (χ0n) is 11.2. The normalized spacial score (nSPS) is 37.4. The van der Waals surface area contributed by atoms with E-state index in [1.165, 1.54) is 4.90 Å². The number of urea groups is 1. The van der Waals surface area contributed by atoms with Crippen molar-refractivity contribution in [3.8, 4) is 0 Å². The minimum atomic E-state index is -1.08. The zero-order chi connectivity index (χ0) is 14.9. The second-order valence-electron chi connectivity index (χ2n) is 4.68. The molecule has 2 N–H and O–H groups in total. The van der Waals surface area contributed by atoms with Gasteiger partial charge < -0.3 is 14.6 Å². The van der Waals surface area contributed by atoms with Gasteiger partial charge in [0.15, 0.2) is 12.5 Å². The number of alkyl halides is 1. The summed E-state index contributed by atoms with van der Waals surface area (Å²) >= 11 is 3.31. The van der Waals surface area contributed by atoms with Gasteiger partial charge in [-0.25, -0.2) is 4.79 Å². The predicted molar refractivity (Wildman–Crippen MR) is 73.0 cm³/mol. The maximum absolute atomic E-state index is 12.1. The Hall–Kier alpha value is -0.960. The second-order valence-corrected chi connectivity index (χ2v) is 6.33. The largest absolute Gasteiger partial charge is 0.393 e. The van der Waals surface area contributed by atoms with Crippen molar-refractivity contribution in [1.29, 1.82) is 0 Å². The van der Waals surface area contributed by atoms with Crippen molar-refractivity contribution in [3.63, 3.8) is 0 Å². The maximum Gasteiger partial charge on any atom is 0.328 e.